The Hall–Kier alpha value is -1.58. The maximum absolute atomic E-state index is 13.8. The highest BCUT2D eigenvalue weighted by Crippen LogP contribution is 2.21. The fourth-order valence-electron chi connectivity index (χ4n) is 2.52. The summed E-state index contributed by atoms with van der Waals surface area (Å²) in [6.07, 6.45) is 4.93. The summed E-state index contributed by atoms with van der Waals surface area (Å²) in [5, 5.41) is 2.99. The van der Waals surface area contributed by atoms with Crippen LogP contribution in [0.1, 0.15) is 44.6 Å². The number of carbonyl (C=O) groups is 1. The van der Waals surface area contributed by atoms with Crippen LogP contribution in [0.4, 0.5) is 4.39 Å². The van der Waals surface area contributed by atoms with E-state index in [4.69, 9.17) is 4.74 Å². The first-order valence-electron chi connectivity index (χ1n) is 7.30. The van der Waals surface area contributed by atoms with Gasteiger partial charge < -0.3 is 10.1 Å². The third-order valence-corrected chi connectivity index (χ3v) is 3.78. The lowest BCUT2D eigenvalue weighted by Crippen LogP contribution is -2.43. The second-order valence-electron chi connectivity index (χ2n) is 5.49. The number of halogens is 1. The van der Waals surface area contributed by atoms with Crippen molar-refractivity contribution in [1.82, 2.24) is 5.32 Å². The molecule has 1 aliphatic carbocycles. The molecule has 1 amide bonds. The molecule has 1 aromatic rings. The van der Waals surface area contributed by atoms with E-state index in [1.165, 1.54) is 6.42 Å². The molecular formula is C16H22FNO2. The molecule has 1 unspecified atom stereocenters. The molecule has 3 nitrogen and oxygen atoms in total. The van der Waals surface area contributed by atoms with Crippen LogP contribution in [-0.2, 0) is 4.79 Å². The summed E-state index contributed by atoms with van der Waals surface area (Å²) in [6, 6.07) is 5.19. The van der Waals surface area contributed by atoms with Gasteiger partial charge in [0.2, 0.25) is 0 Å². The van der Waals surface area contributed by atoms with Crippen molar-refractivity contribution in [3.05, 3.63) is 29.6 Å². The van der Waals surface area contributed by atoms with Crippen molar-refractivity contribution < 1.29 is 13.9 Å². The number of hydrogen-bond donors (Lipinski definition) is 1. The Morgan fingerprint density at radius 3 is 2.75 bits per heavy atom. The number of amides is 1. The summed E-state index contributed by atoms with van der Waals surface area (Å²) in [5.41, 5.74) is 0.516. The van der Waals surface area contributed by atoms with Crippen LogP contribution in [-0.4, -0.2) is 18.1 Å². The summed E-state index contributed by atoms with van der Waals surface area (Å²) >= 11 is 0. The standard InChI is InChI=1S/C16H22FNO2/c1-11-7-6-10-14(15(11)17)20-12(2)16(19)18-13-8-4-3-5-9-13/h6-7,10,12-13H,3-5,8-9H2,1-2H3,(H,18,19). The highest BCUT2D eigenvalue weighted by atomic mass is 19.1. The smallest absolute Gasteiger partial charge is 0.260 e. The Morgan fingerprint density at radius 1 is 1.35 bits per heavy atom. The maximum atomic E-state index is 13.8. The minimum Gasteiger partial charge on any atom is -0.478 e. The van der Waals surface area contributed by atoms with Gasteiger partial charge in [0.25, 0.3) is 5.91 Å². The number of carbonyl (C=O) groups excluding carboxylic acids is 1. The quantitative estimate of drug-likeness (QED) is 0.918. The third kappa shape index (κ3) is 3.71. The minimum atomic E-state index is -0.687. The number of benzene rings is 1. The van der Waals surface area contributed by atoms with Gasteiger partial charge >= 0.3 is 0 Å². The van der Waals surface area contributed by atoms with Crippen LogP contribution in [0.15, 0.2) is 18.2 Å². The average molecular weight is 279 g/mol. The molecule has 1 N–H and O–H groups in total. The topological polar surface area (TPSA) is 38.3 Å². The number of hydrogen-bond acceptors (Lipinski definition) is 2. The molecule has 1 atom stereocenters. The molecule has 110 valence electrons. The molecule has 20 heavy (non-hydrogen) atoms. The molecule has 2 rings (SSSR count). The first kappa shape index (κ1) is 14.8. The number of rotatable bonds is 4. The van der Waals surface area contributed by atoms with Crippen LogP contribution in [0.25, 0.3) is 0 Å². The second kappa shape index (κ2) is 6.73. The van der Waals surface area contributed by atoms with Crippen LogP contribution in [0.3, 0.4) is 0 Å². The zero-order valence-electron chi connectivity index (χ0n) is 12.1. The van der Waals surface area contributed by atoms with Gasteiger partial charge in [-0.15, -0.1) is 0 Å². The van der Waals surface area contributed by atoms with E-state index in [2.05, 4.69) is 5.32 Å². The highest BCUT2D eigenvalue weighted by Gasteiger charge is 2.21. The summed E-state index contributed by atoms with van der Waals surface area (Å²) in [7, 11) is 0. The molecule has 1 fully saturated rings. The van der Waals surface area contributed by atoms with E-state index in [9.17, 15) is 9.18 Å². The van der Waals surface area contributed by atoms with Gasteiger partial charge in [-0.2, -0.15) is 0 Å². The zero-order chi connectivity index (χ0) is 14.5. The molecule has 1 aromatic carbocycles. The van der Waals surface area contributed by atoms with Gasteiger partial charge in [0.1, 0.15) is 0 Å². The Kier molecular flexibility index (Phi) is 4.99. The van der Waals surface area contributed by atoms with Crippen LogP contribution in [0, 0.1) is 12.7 Å². The lowest BCUT2D eigenvalue weighted by Gasteiger charge is -2.24. The zero-order valence-corrected chi connectivity index (χ0v) is 12.1. The van der Waals surface area contributed by atoms with E-state index in [1.54, 1.807) is 32.0 Å². The Balaban J connectivity index is 1.91. The molecule has 0 spiro atoms. The van der Waals surface area contributed by atoms with Crippen LogP contribution < -0.4 is 10.1 Å². The molecule has 0 aliphatic heterocycles. The van der Waals surface area contributed by atoms with Crippen molar-refractivity contribution in [3.63, 3.8) is 0 Å². The SMILES string of the molecule is Cc1cccc(OC(C)C(=O)NC2CCCCC2)c1F. The average Bonchev–Trinajstić information content (AvgIpc) is 2.45. The van der Waals surface area contributed by atoms with E-state index >= 15 is 0 Å². The van der Waals surface area contributed by atoms with Crippen LogP contribution in [0.2, 0.25) is 0 Å². The predicted molar refractivity (Wildman–Crippen MR) is 76.2 cm³/mol. The fourth-order valence-corrected chi connectivity index (χ4v) is 2.52. The third-order valence-electron chi connectivity index (χ3n) is 3.78. The summed E-state index contributed by atoms with van der Waals surface area (Å²) < 4.78 is 19.3. The molecule has 4 heteroatoms. The van der Waals surface area contributed by atoms with Gasteiger partial charge in [0, 0.05) is 6.04 Å². The molecule has 0 saturated heterocycles. The van der Waals surface area contributed by atoms with Crippen molar-refractivity contribution in [3.8, 4) is 5.75 Å². The largest absolute Gasteiger partial charge is 0.478 e. The molecule has 0 radical (unpaired) electrons. The molecule has 1 aliphatic rings. The number of nitrogens with one attached hydrogen (secondary N) is 1. The van der Waals surface area contributed by atoms with Crippen LogP contribution in [0.5, 0.6) is 5.75 Å². The molecule has 0 aromatic heterocycles. The van der Waals surface area contributed by atoms with Crippen molar-refractivity contribution in [2.45, 2.75) is 58.1 Å². The van der Waals surface area contributed by atoms with Gasteiger partial charge in [0.15, 0.2) is 17.7 Å². The van der Waals surface area contributed by atoms with Crippen molar-refractivity contribution in [2.75, 3.05) is 0 Å². The number of ether oxygens (including phenoxy) is 1. The molecule has 1 saturated carbocycles. The summed E-state index contributed by atoms with van der Waals surface area (Å²) in [6.45, 7) is 3.33. The van der Waals surface area contributed by atoms with Gasteiger partial charge in [-0.1, -0.05) is 31.4 Å². The summed E-state index contributed by atoms with van der Waals surface area (Å²) in [5.74, 6) is -0.432. The van der Waals surface area contributed by atoms with Crippen LogP contribution >= 0.6 is 0 Å². The van der Waals surface area contributed by atoms with E-state index in [1.807, 2.05) is 0 Å². The first-order valence-corrected chi connectivity index (χ1v) is 7.30. The van der Waals surface area contributed by atoms with E-state index in [0.29, 0.717) is 5.56 Å². The summed E-state index contributed by atoms with van der Waals surface area (Å²) in [4.78, 5) is 12.1. The second-order valence-corrected chi connectivity index (χ2v) is 5.49. The predicted octanol–water partition coefficient (Wildman–Crippen LogP) is 3.35. The highest BCUT2D eigenvalue weighted by molar-refractivity contribution is 5.81. The maximum Gasteiger partial charge on any atom is 0.260 e. The van der Waals surface area contributed by atoms with Gasteiger partial charge in [-0.25, -0.2) is 4.39 Å². The van der Waals surface area contributed by atoms with Crippen molar-refractivity contribution >= 4 is 5.91 Å². The normalized spacial score (nSPS) is 17.6. The Morgan fingerprint density at radius 2 is 2.05 bits per heavy atom. The monoisotopic (exact) mass is 279 g/mol. The van der Waals surface area contributed by atoms with E-state index in [0.717, 1.165) is 25.7 Å². The lowest BCUT2D eigenvalue weighted by molar-refractivity contribution is -0.128. The minimum absolute atomic E-state index is 0.135. The van der Waals surface area contributed by atoms with Crippen molar-refractivity contribution in [2.24, 2.45) is 0 Å². The van der Waals surface area contributed by atoms with Gasteiger partial charge in [-0.05, 0) is 38.3 Å². The van der Waals surface area contributed by atoms with E-state index in [-0.39, 0.29) is 17.7 Å². The van der Waals surface area contributed by atoms with Gasteiger partial charge in [0.05, 0.1) is 0 Å². The van der Waals surface area contributed by atoms with Gasteiger partial charge in [-0.3, -0.25) is 4.79 Å². The molecular weight excluding hydrogens is 257 g/mol. The fraction of sp³-hybridized carbons (Fsp3) is 0.562. The Bertz CT molecular complexity index is 470. The molecule has 0 heterocycles. The van der Waals surface area contributed by atoms with Crippen molar-refractivity contribution in [1.29, 1.82) is 0 Å². The number of aryl methyl sites for hydroxylation is 1. The lowest BCUT2D eigenvalue weighted by atomic mass is 9.95. The molecule has 0 bridgehead atoms. The Labute approximate surface area is 119 Å². The first-order chi connectivity index (χ1) is 9.58. The van der Waals surface area contributed by atoms with E-state index < -0.39 is 11.9 Å².